The Balaban J connectivity index is 1.73. The first-order valence-electron chi connectivity index (χ1n) is 12.2. The Morgan fingerprint density at radius 3 is 2.46 bits per heavy atom. The van der Waals surface area contributed by atoms with E-state index in [2.05, 4.69) is 9.97 Å². The molecule has 0 radical (unpaired) electrons. The van der Waals surface area contributed by atoms with E-state index in [0.29, 0.717) is 35.0 Å². The SMILES string of the molecule is CCOc1ccc(C2/C(=C(\O)c3nc4c(C)cccn4c3C)C(=O)C(=O)N2c2nc(C)c(C(=O)OC)s2)cc1. The third-order valence-electron chi connectivity index (χ3n) is 6.62. The number of ether oxygens (including phenoxy) is 2. The van der Waals surface area contributed by atoms with E-state index in [0.717, 1.165) is 16.9 Å². The van der Waals surface area contributed by atoms with Gasteiger partial charge in [-0.2, -0.15) is 0 Å². The number of hydrogen-bond acceptors (Lipinski definition) is 9. The van der Waals surface area contributed by atoms with Gasteiger partial charge in [-0.05, 0) is 57.0 Å². The summed E-state index contributed by atoms with van der Waals surface area (Å²) in [6.45, 7) is 7.64. The lowest BCUT2D eigenvalue weighted by Gasteiger charge is -2.23. The van der Waals surface area contributed by atoms with Crippen molar-refractivity contribution in [2.24, 2.45) is 0 Å². The molecule has 200 valence electrons. The van der Waals surface area contributed by atoms with Crippen molar-refractivity contribution in [1.29, 1.82) is 0 Å². The second-order valence-corrected chi connectivity index (χ2v) is 9.98. The highest BCUT2D eigenvalue weighted by molar-refractivity contribution is 7.17. The Hall–Kier alpha value is -4.51. The number of aliphatic hydroxyl groups excluding tert-OH is 1. The number of imidazole rings is 1. The van der Waals surface area contributed by atoms with Gasteiger partial charge in [0.05, 0.1) is 36.7 Å². The number of esters is 1. The Morgan fingerprint density at radius 2 is 1.82 bits per heavy atom. The molecule has 1 N–H and O–H groups in total. The lowest BCUT2D eigenvalue weighted by molar-refractivity contribution is -0.132. The molecule has 0 aliphatic carbocycles. The van der Waals surface area contributed by atoms with E-state index in [9.17, 15) is 19.5 Å². The molecule has 4 heterocycles. The van der Waals surface area contributed by atoms with Crippen LogP contribution < -0.4 is 9.64 Å². The van der Waals surface area contributed by atoms with Crippen LogP contribution in [0.5, 0.6) is 5.75 Å². The molecule has 1 atom stereocenters. The van der Waals surface area contributed by atoms with Gasteiger partial charge in [-0.25, -0.2) is 14.8 Å². The van der Waals surface area contributed by atoms with Crippen LogP contribution in [0.1, 0.15) is 50.8 Å². The molecule has 1 aliphatic heterocycles. The maximum atomic E-state index is 13.5. The number of rotatable bonds is 6. The summed E-state index contributed by atoms with van der Waals surface area (Å²) in [7, 11) is 1.26. The van der Waals surface area contributed by atoms with Crippen LogP contribution in [0, 0.1) is 20.8 Å². The van der Waals surface area contributed by atoms with Crippen molar-refractivity contribution in [3.05, 3.63) is 81.3 Å². The number of hydrogen-bond donors (Lipinski definition) is 1. The summed E-state index contributed by atoms with van der Waals surface area (Å²) in [4.78, 5) is 49.8. The van der Waals surface area contributed by atoms with Crippen molar-refractivity contribution < 1.29 is 29.0 Å². The van der Waals surface area contributed by atoms with Gasteiger partial charge < -0.3 is 19.0 Å². The largest absolute Gasteiger partial charge is 0.505 e. The summed E-state index contributed by atoms with van der Waals surface area (Å²) in [6, 6.07) is 9.64. The van der Waals surface area contributed by atoms with Crippen LogP contribution >= 0.6 is 11.3 Å². The smallest absolute Gasteiger partial charge is 0.350 e. The number of nitrogens with zero attached hydrogens (tertiary/aromatic N) is 4. The molecule has 1 fully saturated rings. The molecular weight excluding hydrogens is 520 g/mol. The number of anilines is 1. The van der Waals surface area contributed by atoms with Gasteiger partial charge in [-0.1, -0.05) is 29.5 Å². The summed E-state index contributed by atoms with van der Waals surface area (Å²) < 4.78 is 12.2. The van der Waals surface area contributed by atoms with E-state index in [1.54, 1.807) is 38.1 Å². The Kier molecular flexibility index (Phi) is 6.69. The maximum absolute atomic E-state index is 13.5. The first kappa shape index (κ1) is 26.1. The van der Waals surface area contributed by atoms with Gasteiger partial charge in [0.25, 0.3) is 5.78 Å². The number of fused-ring (bicyclic) bond motifs is 1. The second kappa shape index (κ2) is 9.99. The molecule has 1 aromatic carbocycles. The Labute approximate surface area is 228 Å². The highest BCUT2D eigenvalue weighted by Crippen LogP contribution is 2.44. The number of amides is 1. The quantitative estimate of drug-likeness (QED) is 0.162. The molecular formula is C28H26N4O6S. The van der Waals surface area contributed by atoms with Crippen molar-refractivity contribution in [3.8, 4) is 5.75 Å². The number of thiazole rings is 1. The molecule has 1 aliphatic rings. The number of aryl methyl sites for hydroxylation is 3. The number of ketones is 1. The molecule has 0 bridgehead atoms. The van der Waals surface area contributed by atoms with Crippen LogP contribution in [0.15, 0.2) is 48.2 Å². The number of benzene rings is 1. The van der Waals surface area contributed by atoms with Gasteiger partial charge in [-0.15, -0.1) is 0 Å². The first-order valence-corrected chi connectivity index (χ1v) is 13.0. The van der Waals surface area contributed by atoms with E-state index in [4.69, 9.17) is 9.47 Å². The molecule has 4 aromatic rings. The average Bonchev–Trinajstić information content (AvgIpc) is 3.56. The van der Waals surface area contributed by atoms with Crippen LogP contribution in [-0.4, -0.2) is 50.9 Å². The van der Waals surface area contributed by atoms with E-state index in [-0.39, 0.29) is 21.3 Å². The predicted molar refractivity (Wildman–Crippen MR) is 145 cm³/mol. The number of carbonyl (C=O) groups excluding carboxylic acids is 3. The third-order valence-corrected chi connectivity index (χ3v) is 7.76. The zero-order valence-corrected chi connectivity index (χ0v) is 22.8. The topological polar surface area (TPSA) is 123 Å². The first-order chi connectivity index (χ1) is 18.7. The van der Waals surface area contributed by atoms with Gasteiger partial charge in [0.15, 0.2) is 10.9 Å². The van der Waals surface area contributed by atoms with Crippen molar-refractivity contribution in [2.75, 3.05) is 18.6 Å². The predicted octanol–water partition coefficient (Wildman–Crippen LogP) is 4.53. The zero-order valence-electron chi connectivity index (χ0n) is 22.0. The maximum Gasteiger partial charge on any atom is 0.350 e. The number of aromatic nitrogens is 3. The summed E-state index contributed by atoms with van der Waals surface area (Å²) in [5.74, 6) is -2.13. The highest BCUT2D eigenvalue weighted by Gasteiger charge is 2.49. The number of pyridine rings is 1. The van der Waals surface area contributed by atoms with Gasteiger partial charge in [0, 0.05) is 6.20 Å². The summed E-state index contributed by atoms with van der Waals surface area (Å²) in [5, 5.41) is 11.7. The molecule has 10 nitrogen and oxygen atoms in total. The monoisotopic (exact) mass is 546 g/mol. The molecule has 1 saturated heterocycles. The molecule has 3 aromatic heterocycles. The van der Waals surface area contributed by atoms with Crippen LogP contribution in [0.2, 0.25) is 0 Å². The fourth-order valence-corrected chi connectivity index (χ4v) is 5.71. The number of Topliss-reactive ketones (excluding diaryl/α,β-unsaturated/α-hetero) is 1. The van der Waals surface area contributed by atoms with E-state index < -0.39 is 29.5 Å². The molecule has 11 heteroatoms. The highest BCUT2D eigenvalue weighted by atomic mass is 32.1. The van der Waals surface area contributed by atoms with Crippen LogP contribution in [0.4, 0.5) is 5.13 Å². The molecule has 1 amide bonds. The minimum Gasteiger partial charge on any atom is -0.505 e. The summed E-state index contributed by atoms with van der Waals surface area (Å²) in [6.07, 6.45) is 1.82. The molecule has 5 rings (SSSR count). The fraction of sp³-hybridized carbons (Fsp3) is 0.250. The normalized spacial score (nSPS) is 16.7. The van der Waals surface area contributed by atoms with Crippen LogP contribution in [0.3, 0.4) is 0 Å². The fourth-order valence-electron chi connectivity index (χ4n) is 4.70. The van der Waals surface area contributed by atoms with Gasteiger partial charge in [-0.3, -0.25) is 14.5 Å². The lowest BCUT2D eigenvalue weighted by atomic mass is 9.96. The summed E-state index contributed by atoms with van der Waals surface area (Å²) in [5.41, 5.74) is 3.11. The molecule has 0 saturated carbocycles. The van der Waals surface area contributed by atoms with E-state index >= 15 is 0 Å². The van der Waals surface area contributed by atoms with Crippen molar-refractivity contribution in [3.63, 3.8) is 0 Å². The van der Waals surface area contributed by atoms with Crippen LogP contribution in [0.25, 0.3) is 11.4 Å². The number of aliphatic hydroxyl groups is 1. The molecule has 1 unspecified atom stereocenters. The van der Waals surface area contributed by atoms with Gasteiger partial charge in [0.2, 0.25) is 0 Å². The Bertz CT molecular complexity index is 1670. The van der Waals surface area contributed by atoms with E-state index in [1.807, 2.05) is 36.6 Å². The van der Waals surface area contributed by atoms with Crippen molar-refractivity contribution in [1.82, 2.24) is 14.4 Å². The molecule has 0 spiro atoms. The van der Waals surface area contributed by atoms with E-state index in [1.165, 1.54) is 12.0 Å². The van der Waals surface area contributed by atoms with Crippen LogP contribution in [-0.2, 0) is 14.3 Å². The second-order valence-electron chi connectivity index (χ2n) is 9.00. The average molecular weight is 547 g/mol. The number of carbonyl (C=O) groups is 3. The Morgan fingerprint density at radius 1 is 1.10 bits per heavy atom. The zero-order chi connectivity index (χ0) is 28.0. The third kappa shape index (κ3) is 4.24. The van der Waals surface area contributed by atoms with Crippen molar-refractivity contribution >= 4 is 45.5 Å². The van der Waals surface area contributed by atoms with Gasteiger partial charge >= 0.3 is 11.9 Å². The number of methoxy groups -OCH3 is 1. The molecule has 39 heavy (non-hydrogen) atoms. The standard InChI is InChI=1S/C28H26N4O6S/c1-6-38-18-11-9-17(10-12-18)21-19(22(33)20-16(4)31-13-7-8-14(2)25(31)30-20)23(34)26(35)32(21)28-29-15(3)24(39-28)27(36)37-5/h7-13,21,33H,6H2,1-5H3/b22-19+. The van der Waals surface area contributed by atoms with Gasteiger partial charge in [0.1, 0.15) is 22.0 Å². The lowest BCUT2D eigenvalue weighted by Crippen LogP contribution is -2.29. The minimum atomic E-state index is -1.03. The summed E-state index contributed by atoms with van der Waals surface area (Å²) >= 11 is 0.942. The van der Waals surface area contributed by atoms with Crippen molar-refractivity contribution in [2.45, 2.75) is 33.7 Å². The minimum absolute atomic E-state index is 0.124.